The zero-order valence-corrected chi connectivity index (χ0v) is 14.2. The van der Waals surface area contributed by atoms with Crippen molar-refractivity contribution >= 4 is 35.5 Å². The van der Waals surface area contributed by atoms with Gasteiger partial charge >= 0.3 is 0 Å². The van der Waals surface area contributed by atoms with Gasteiger partial charge in [0.25, 0.3) is 11.6 Å². The lowest BCUT2D eigenvalue weighted by Gasteiger charge is -2.29. The lowest BCUT2D eigenvalue weighted by Crippen LogP contribution is -2.43. The summed E-state index contributed by atoms with van der Waals surface area (Å²) in [6.45, 7) is 3.74. The molecule has 0 spiro atoms. The molecule has 0 aliphatic carbocycles. The summed E-state index contributed by atoms with van der Waals surface area (Å²) in [5, 5.41) is 16.6. The summed E-state index contributed by atoms with van der Waals surface area (Å²) in [5.74, 6) is 0.0876. The highest BCUT2D eigenvalue weighted by molar-refractivity contribution is 6.03. The molecule has 2 N–H and O–H groups in total. The molecule has 8 nitrogen and oxygen atoms in total. The second kappa shape index (κ2) is 8.41. The van der Waals surface area contributed by atoms with E-state index in [-0.39, 0.29) is 24.0 Å². The van der Waals surface area contributed by atoms with Crippen LogP contribution in [0.2, 0.25) is 0 Å². The lowest BCUT2D eigenvalue weighted by molar-refractivity contribution is -0.384. The molecule has 25 heavy (non-hydrogen) atoms. The van der Waals surface area contributed by atoms with E-state index in [1.165, 1.54) is 24.3 Å². The molecule has 1 aromatic heterocycles. The zero-order chi connectivity index (χ0) is 16.9. The van der Waals surface area contributed by atoms with Gasteiger partial charge < -0.3 is 15.5 Å². The van der Waals surface area contributed by atoms with Crippen LogP contribution in [0.5, 0.6) is 0 Å². The molecule has 2 heterocycles. The molecule has 2 aromatic rings. The Bertz CT molecular complexity index is 730. The fourth-order valence-corrected chi connectivity index (χ4v) is 2.49. The Labute approximate surface area is 150 Å². The maximum atomic E-state index is 12.1. The number of nitro groups is 1. The number of carbonyl (C=O) groups excluding carboxylic acids is 1. The molecular weight excluding hydrogens is 346 g/mol. The minimum Gasteiger partial charge on any atom is -0.368 e. The van der Waals surface area contributed by atoms with Gasteiger partial charge in [0.2, 0.25) is 0 Å². The molecule has 1 aliphatic heterocycles. The molecule has 1 amide bonds. The molecule has 0 atom stereocenters. The maximum Gasteiger partial charge on any atom is 0.269 e. The van der Waals surface area contributed by atoms with Crippen molar-refractivity contribution in [2.75, 3.05) is 36.4 Å². The molecule has 3 rings (SSSR count). The first-order valence-corrected chi connectivity index (χ1v) is 7.61. The van der Waals surface area contributed by atoms with Crippen molar-refractivity contribution in [3.8, 4) is 0 Å². The van der Waals surface area contributed by atoms with Crippen molar-refractivity contribution in [3.63, 3.8) is 0 Å². The molecular formula is C16H18ClN5O3. The number of halogens is 1. The Hall–Kier alpha value is -2.71. The summed E-state index contributed by atoms with van der Waals surface area (Å²) in [5.41, 5.74) is 1.31. The number of hydrogen-bond acceptors (Lipinski definition) is 6. The van der Waals surface area contributed by atoms with Crippen molar-refractivity contribution in [1.82, 2.24) is 10.3 Å². The van der Waals surface area contributed by atoms with Gasteiger partial charge in [0, 0.05) is 43.9 Å². The predicted octanol–water partition coefficient (Wildman–Crippen LogP) is 2.07. The van der Waals surface area contributed by atoms with Crippen molar-refractivity contribution in [3.05, 3.63) is 58.3 Å². The van der Waals surface area contributed by atoms with Gasteiger partial charge in [-0.3, -0.25) is 14.9 Å². The van der Waals surface area contributed by atoms with E-state index in [9.17, 15) is 14.9 Å². The fourth-order valence-electron chi connectivity index (χ4n) is 2.49. The number of anilines is 2. The van der Waals surface area contributed by atoms with E-state index < -0.39 is 4.92 Å². The predicted molar refractivity (Wildman–Crippen MR) is 97.6 cm³/mol. The van der Waals surface area contributed by atoms with E-state index in [2.05, 4.69) is 20.5 Å². The zero-order valence-electron chi connectivity index (χ0n) is 13.3. The Balaban J connectivity index is 0.00000225. The average molecular weight is 364 g/mol. The lowest BCUT2D eigenvalue weighted by atomic mass is 10.2. The van der Waals surface area contributed by atoms with Gasteiger partial charge in [-0.15, -0.1) is 12.4 Å². The number of rotatable bonds is 4. The van der Waals surface area contributed by atoms with Crippen LogP contribution in [0, 0.1) is 10.1 Å². The second-order valence-corrected chi connectivity index (χ2v) is 5.40. The topological polar surface area (TPSA) is 100 Å². The Morgan fingerprint density at radius 3 is 2.40 bits per heavy atom. The number of nitro benzene ring substituents is 1. The van der Waals surface area contributed by atoms with Gasteiger partial charge in [-0.2, -0.15) is 0 Å². The van der Waals surface area contributed by atoms with Crippen molar-refractivity contribution in [2.24, 2.45) is 0 Å². The third-order valence-electron chi connectivity index (χ3n) is 3.81. The fraction of sp³-hybridized carbons (Fsp3) is 0.250. The maximum absolute atomic E-state index is 12.1. The molecule has 1 aromatic carbocycles. The summed E-state index contributed by atoms with van der Waals surface area (Å²) in [7, 11) is 0. The van der Waals surface area contributed by atoms with Crippen LogP contribution >= 0.6 is 12.4 Å². The smallest absolute Gasteiger partial charge is 0.269 e. The minimum absolute atomic E-state index is 0. The van der Waals surface area contributed by atoms with E-state index in [0.29, 0.717) is 11.4 Å². The summed E-state index contributed by atoms with van der Waals surface area (Å²) in [4.78, 5) is 28.8. The highest BCUT2D eigenvalue weighted by Crippen LogP contribution is 2.17. The van der Waals surface area contributed by atoms with Crippen molar-refractivity contribution in [1.29, 1.82) is 0 Å². The highest BCUT2D eigenvalue weighted by atomic mass is 35.5. The van der Waals surface area contributed by atoms with Crippen LogP contribution in [0.25, 0.3) is 0 Å². The number of piperazine rings is 1. The quantitative estimate of drug-likeness (QED) is 0.637. The molecule has 1 saturated heterocycles. The number of benzene rings is 1. The Morgan fingerprint density at radius 1 is 1.16 bits per heavy atom. The first-order chi connectivity index (χ1) is 11.6. The van der Waals surface area contributed by atoms with E-state index in [4.69, 9.17) is 0 Å². The molecule has 0 bridgehead atoms. The van der Waals surface area contributed by atoms with Crippen LogP contribution in [0.4, 0.5) is 17.2 Å². The molecule has 0 saturated carbocycles. The van der Waals surface area contributed by atoms with Crippen LogP contribution in [-0.2, 0) is 0 Å². The van der Waals surface area contributed by atoms with Gasteiger partial charge in [-0.1, -0.05) is 0 Å². The van der Waals surface area contributed by atoms with Gasteiger partial charge in [0.05, 0.1) is 16.8 Å². The van der Waals surface area contributed by atoms with Crippen LogP contribution < -0.4 is 15.5 Å². The normalized spacial score (nSPS) is 13.7. The SMILES string of the molecule is Cl.O=C(Nc1ccc(N2CCNCC2)cn1)c1ccc([N+](=O)[O-])cc1. The van der Waals surface area contributed by atoms with Gasteiger partial charge in [-0.05, 0) is 24.3 Å². The number of carbonyl (C=O) groups is 1. The van der Waals surface area contributed by atoms with Gasteiger partial charge in [0.1, 0.15) is 5.82 Å². The third-order valence-corrected chi connectivity index (χ3v) is 3.81. The van der Waals surface area contributed by atoms with Crippen molar-refractivity contribution in [2.45, 2.75) is 0 Å². The number of nitrogens with zero attached hydrogens (tertiary/aromatic N) is 3. The van der Waals surface area contributed by atoms with Crippen LogP contribution in [0.15, 0.2) is 42.6 Å². The average Bonchev–Trinajstić information content (AvgIpc) is 2.63. The molecule has 9 heteroatoms. The largest absolute Gasteiger partial charge is 0.368 e. The van der Waals surface area contributed by atoms with Crippen LogP contribution in [0.3, 0.4) is 0 Å². The standard InChI is InChI=1S/C16H17N5O3.ClH/c22-16(12-1-3-13(4-2-12)21(23)24)19-15-6-5-14(11-18-15)20-9-7-17-8-10-20;/h1-6,11,17H,7-10H2,(H,18,19,22);1H. The molecule has 1 aliphatic rings. The third kappa shape index (κ3) is 4.65. The Morgan fingerprint density at radius 2 is 1.84 bits per heavy atom. The molecule has 0 unspecified atom stereocenters. The first kappa shape index (κ1) is 18.6. The summed E-state index contributed by atoms with van der Waals surface area (Å²) < 4.78 is 0. The minimum atomic E-state index is -0.502. The molecule has 0 radical (unpaired) electrons. The number of amides is 1. The van der Waals surface area contributed by atoms with E-state index in [0.717, 1.165) is 31.9 Å². The number of non-ortho nitro benzene ring substituents is 1. The van der Waals surface area contributed by atoms with E-state index in [1.54, 1.807) is 12.3 Å². The number of nitrogens with one attached hydrogen (secondary N) is 2. The van der Waals surface area contributed by atoms with Gasteiger partial charge in [0.15, 0.2) is 0 Å². The van der Waals surface area contributed by atoms with Crippen molar-refractivity contribution < 1.29 is 9.72 Å². The number of aromatic nitrogens is 1. The van der Waals surface area contributed by atoms with Crippen LogP contribution in [0.1, 0.15) is 10.4 Å². The highest BCUT2D eigenvalue weighted by Gasteiger charge is 2.12. The summed E-state index contributed by atoms with van der Waals surface area (Å²) in [6, 6.07) is 9.11. The monoisotopic (exact) mass is 363 g/mol. The summed E-state index contributed by atoms with van der Waals surface area (Å²) >= 11 is 0. The van der Waals surface area contributed by atoms with Gasteiger partial charge in [-0.25, -0.2) is 4.98 Å². The van der Waals surface area contributed by atoms with E-state index >= 15 is 0 Å². The number of pyridine rings is 1. The second-order valence-electron chi connectivity index (χ2n) is 5.40. The van der Waals surface area contributed by atoms with Crippen LogP contribution in [-0.4, -0.2) is 42.0 Å². The first-order valence-electron chi connectivity index (χ1n) is 7.61. The molecule has 132 valence electrons. The number of hydrogen-bond donors (Lipinski definition) is 2. The van der Waals surface area contributed by atoms with E-state index in [1.807, 2.05) is 6.07 Å². The summed E-state index contributed by atoms with van der Waals surface area (Å²) in [6.07, 6.45) is 1.73. The Kier molecular flexibility index (Phi) is 6.26. The molecule has 1 fully saturated rings.